The summed E-state index contributed by atoms with van der Waals surface area (Å²) in [7, 11) is 2.16. The molecule has 8 nitrogen and oxygen atoms in total. The van der Waals surface area contributed by atoms with Crippen molar-refractivity contribution in [2.24, 2.45) is 0 Å². The molecule has 2 aromatic carbocycles. The molecular formula is C23H25N7O. The van der Waals surface area contributed by atoms with Crippen LogP contribution in [0.15, 0.2) is 66.7 Å². The highest BCUT2D eigenvalue weighted by molar-refractivity contribution is 5.61. The molecule has 1 aliphatic rings. The van der Waals surface area contributed by atoms with Gasteiger partial charge in [-0.15, -0.1) is 5.10 Å². The average Bonchev–Trinajstić information content (AvgIpc) is 3.19. The van der Waals surface area contributed by atoms with Gasteiger partial charge in [0.2, 0.25) is 11.8 Å². The van der Waals surface area contributed by atoms with E-state index in [0.717, 1.165) is 31.9 Å². The first-order chi connectivity index (χ1) is 15.1. The summed E-state index contributed by atoms with van der Waals surface area (Å²) in [4.78, 5) is 9.33. The molecule has 5 rings (SSSR count). The lowest BCUT2D eigenvalue weighted by molar-refractivity contribution is 0.313. The highest BCUT2D eigenvalue weighted by atomic mass is 16.5. The minimum absolute atomic E-state index is 0.510. The van der Waals surface area contributed by atoms with E-state index in [1.807, 2.05) is 36.4 Å². The van der Waals surface area contributed by atoms with Gasteiger partial charge in [0.25, 0.3) is 0 Å². The second-order valence-electron chi connectivity index (χ2n) is 7.71. The SMILES string of the molecule is CN1CCN(c2ccc(Nc3nc4cccc(Oc5cccc(N)c5)n4n3)cc2)CC1. The van der Waals surface area contributed by atoms with Crippen LogP contribution in [0.2, 0.25) is 0 Å². The van der Waals surface area contributed by atoms with Crippen molar-refractivity contribution in [3.8, 4) is 11.6 Å². The fourth-order valence-electron chi connectivity index (χ4n) is 3.66. The van der Waals surface area contributed by atoms with Gasteiger partial charge in [-0.3, -0.25) is 0 Å². The monoisotopic (exact) mass is 415 g/mol. The van der Waals surface area contributed by atoms with E-state index in [1.165, 1.54) is 5.69 Å². The summed E-state index contributed by atoms with van der Waals surface area (Å²) in [6.07, 6.45) is 0. The van der Waals surface area contributed by atoms with Gasteiger partial charge in [0.05, 0.1) is 0 Å². The van der Waals surface area contributed by atoms with Crippen molar-refractivity contribution in [1.82, 2.24) is 19.5 Å². The average molecular weight is 416 g/mol. The number of pyridine rings is 1. The van der Waals surface area contributed by atoms with Crippen molar-refractivity contribution >= 4 is 28.7 Å². The Balaban J connectivity index is 1.33. The Morgan fingerprint density at radius 1 is 0.935 bits per heavy atom. The molecule has 4 aromatic rings. The summed E-state index contributed by atoms with van der Waals surface area (Å²) < 4.78 is 7.64. The molecule has 0 unspecified atom stereocenters. The molecular weight excluding hydrogens is 390 g/mol. The Labute approximate surface area is 180 Å². The summed E-state index contributed by atoms with van der Waals surface area (Å²) in [5, 5.41) is 7.85. The number of hydrogen-bond donors (Lipinski definition) is 2. The lowest BCUT2D eigenvalue weighted by Gasteiger charge is -2.34. The highest BCUT2D eigenvalue weighted by Crippen LogP contribution is 2.25. The third kappa shape index (κ3) is 4.24. The maximum Gasteiger partial charge on any atom is 0.247 e. The molecule has 31 heavy (non-hydrogen) atoms. The third-order valence-electron chi connectivity index (χ3n) is 5.40. The molecule has 0 aliphatic carbocycles. The van der Waals surface area contributed by atoms with Gasteiger partial charge in [0.1, 0.15) is 5.75 Å². The van der Waals surface area contributed by atoms with Crippen LogP contribution in [0.25, 0.3) is 5.65 Å². The van der Waals surface area contributed by atoms with Gasteiger partial charge < -0.3 is 25.6 Å². The van der Waals surface area contributed by atoms with Crippen molar-refractivity contribution < 1.29 is 4.74 Å². The first kappa shape index (κ1) is 19.2. The fourth-order valence-corrected chi connectivity index (χ4v) is 3.66. The molecule has 0 radical (unpaired) electrons. The number of nitrogens with two attached hydrogens (primary N) is 1. The number of anilines is 4. The number of nitrogen functional groups attached to an aromatic ring is 1. The molecule has 1 saturated heterocycles. The molecule has 0 atom stereocenters. The minimum Gasteiger partial charge on any atom is -0.439 e. The zero-order valence-electron chi connectivity index (χ0n) is 17.4. The van der Waals surface area contributed by atoms with E-state index < -0.39 is 0 Å². The van der Waals surface area contributed by atoms with Crippen molar-refractivity contribution in [3.05, 3.63) is 66.7 Å². The standard InChI is InChI=1S/C23H25N7O/c1-28-12-14-29(15-13-28)19-10-8-18(9-11-19)25-23-26-21-6-3-7-22(30(21)27-23)31-20-5-2-4-17(24)16-20/h2-11,16H,12-15,24H2,1H3,(H,25,27). The number of nitrogens with zero attached hydrogens (tertiary/aromatic N) is 5. The van der Waals surface area contributed by atoms with E-state index in [2.05, 4.69) is 56.5 Å². The summed E-state index contributed by atoms with van der Waals surface area (Å²) in [5.74, 6) is 1.72. The first-order valence-electron chi connectivity index (χ1n) is 10.3. The molecule has 0 spiro atoms. The Morgan fingerprint density at radius 2 is 1.71 bits per heavy atom. The number of likely N-dealkylation sites (N-methyl/N-ethyl adjacent to an activating group) is 1. The molecule has 2 aromatic heterocycles. The number of fused-ring (bicyclic) bond motifs is 1. The van der Waals surface area contributed by atoms with E-state index in [4.69, 9.17) is 10.5 Å². The van der Waals surface area contributed by atoms with Crippen LogP contribution in [0.1, 0.15) is 0 Å². The van der Waals surface area contributed by atoms with Crippen molar-refractivity contribution in [3.63, 3.8) is 0 Å². The molecule has 0 bridgehead atoms. The molecule has 3 heterocycles. The maximum absolute atomic E-state index is 5.97. The number of ether oxygens (including phenoxy) is 1. The lowest BCUT2D eigenvalue weighted by atomic mass is 10.2. The van der Waals surface area contributed by atoms with E-state index in [9.17, 15) is 0 Å². The largest absolute Gasteiger partial charge is 0.439 e. The third-order valence-corrected chi connectivity index (χ3v) is 5.40. The second-order valence-corrected chi connectivity index (χ2v) is 7.71. The maximum atomic E-state index is 5.97. The number of piperazine rings is 1. The van der Waals surface area contributed by atoms with Crippen molar-refractivity contribution in [1.29, 1.82) is 0 Å². The fraction of sp³-hybridized carbons (Fsp3) is 0.217. The smallest absolute Gasteiger partial charge is 0.247 e. The van der Waals surface area contributed by atoms with Gasteiger partial charge in [0.15, 0.2) is 5.65 Å². The van der Waals surface area contributed by atoms with Crippen LogP contribution in [0, 0.1) is 0 Å². The summed E-state index contributed by atoms with van der Waals surface area (Å²) in [6, 6.07) is 21.3. The van der Waals surface area contributed by atoms with Gasteiger partial charge in [-0.05, 0) is 49.5 Å². The predicted octanol–water partition coefficient (Wildman–Crippen LogP) is 3.60. The molecule has 3 N–H and O–H groups in total. The molecule has 1 fully saturated rings. The molecule has 1 aliphatic heterocycles. The van der Waals surface area contributed by atoms with Gasteiger partial charge in [-0.1, -0.05) is 12.1 Å². The van der Waals surface area contributed by atoms with Crippen LogP contribution >= 0.6 is 0 Å². The van der Waals surface area contributed by atoms with Crippen LogP contribution in [0.5, 0.6) is 11.6 Å². The number of nitrogens with one attached hydrogen (secondary N) is 1. The summed E-state index contributed by atoms with van der Waals surface area (Å²) in [5.41, 5.74) is 9.36. The van der Waals surface area contributed by atoms with E-state index in [0.29, 0.717) is 28.9 Å². The van der Waals surface area contributed by atoms with Crippen LogP contribution in [0.4, 0.5) is 23.0 Å². The first-order valence-corrected chi connectivity index (χ1v) is 10.3. The predicted molar refractivity (Wildman–Crippen MR) is 123 cm³/mol. The van der Waals surface area contributed by atoms with Crippen LogP contribution < -0.4 is 20.7 Å². The summed E-state index contributed by atoms with van der Waals surface area (Å²) in [6.45, 7) is 4.27. The van der Waals surface area contributed by atoms with E-state index in [1.54, 1.807) is 10.6 Å². The van der Waals surface area contributed by atoms with Crippen LogP contribution in [0.3, 0.4) is 0 Å². The van der Waals surface area contributed by atoms with Crippen molar-refractivity contribution in [2.75, 3.05) is 49.2 Å². The van der Waals surface area contributed by atoms with Gasteiger partial charge in [-0.2, -0.15) is 9.50 Å². The molecule has 158 valence electrons. The second kappa shape index (κ2) is 8.16. The quantitative estimate of drug-likeness (QED) is 0.482. The van der Waals surface area contributed by atoms with Gasteiger partial charge in [0, 0.05) is 55.4 Å². The highest BCUT2D eigenvalue weighted by Gasteiger charge is 2.14. The number of rotatable bonds is 5. The van der Waals surface area contributed by atoms with Crippen LogP contribution in [-0.2, 0) is 0 Å². The molecule has 0 saturated carbocycles. The molecule has 8 heteroatoms. The van der Waals surface area contributed by atoms with E-state index >= 15 is 0 Å². The number of aromatic nitrogens is 3. The Hall–Kier alpha value is -3.78. The Morgan fingerprint density at radius 3 is 2.48 bits per heavy atom. The van der Waals surface area contributed by atoms with Crippen LogP contribution in [-0.4, -0.2) is 52.7 Å². The lowest BCUT2D eigenvalue weighted by Crippen LogP contribution is -2.44. The van der Waals surface area contributed by atoms with Gasteiger partial charge >= 0.3 is 0 Å². The Bertz CT molecular complexity index is 1180. The zero-order valence-corrected chi connectivity index (χ0v) is 17.4. The van der Waals surface area contributed by atoms with Crippen molar-refractivity contribution in [2.45, 2.75) is 0 Å². The topological polar surface area (TPSA) is 83.9 Å². The normalized spacial score (nSPS) is 14.7. The number of hydrogen-bond acceptors (Lipinski definition) is 7. The van der Waals surface area contributed by atoms with Gasteiger partial charge in [-0.25, -0.2) is 0 Å². The molecule has 0 amide bonds. The van der Waals surface area contributed by atoms with E-state index in [-0.39, 0.29) is 0 Å². The summed E-state index contributed by atoms with van der Waals surface area (Å²) >= 11 is 0. The minimum atomic E-state index is 0.510. The number of benzene rings is 2. The zero-order chi connectivity index (χ0) is 21.2. The Kier molecular flexibility index (Phi) is 5.05.